The maximum Gasteiger partial charge on any atom is 0.245 e. The van der Waals surface area contributed by atoms with Crippen LogP contribution in [-0.4, -0.2) is 47.6 Å². The van der Waals surface area contributed by atoms with E-state index in [-0.39, 0.29) is 0 Å². The van der Waals surface area contributed by atoms with Crippen molar-refractivity contribution >= 4 is 27.9 Å². The number of aromatic nitrogens is 1. The highest BCUT2D eigenvalue weighted by Crippen LogP contribution is 2.36. The Bertz CT molecular complexity index is 796. The van der Waals surface area contributed by atoms with Crippen molar-refractivity contribution in [2.24, 2.45) is 5.92 Å². The summed E-state index contributed by atoms with van der Waals surface area (Å²) in [5.74, 6) is 2.98. The van der Waals surface area contributed by atoms with Crippen molar-refractivity contribution in [2.75, 3.05) is 38.8 Å². The van der Waals surface area contributed by atoms with Gasteiger partial charge < -0.3 is 14.4 Å². The van der Waals surface area contributed by atoms with Crippen molar-refractivity contribution in [2.45, 2.75) is 19.3 Å². The molecule has 0 aliphatic carbocycles. The molecule has 8 nitrogen and oxygen atoms in total. The zero-order valence-corrected chi connectivity index (χ0v) is 16.4. The lowest BCUT2D eigenvalue weighted by atomic mass is 9.93. The monoisotopic (exact) mass is 394 g/mol. The van der Waals surface area contributed by atoms with Crippen LogP contribution in [0, 0.1) is 5.92 Å². The van der Waals surface area contributed by atoms with Crippen LogP contribution >= 0.6 is 0 Å². The first-order chi connectivity index (χ1) is 13.1. The second-order valence-corrected chi connectivity index (χ2v) is 7.26. The van der Waals surface area contributed by atoms with Gasteiger partial charge >= 0.3 is 0 Å². The summed E-state index contributed by atoms with van der Waals surface area (Å²) in [4.78, 5) is 9.24. The molecule has 1 unspecified atom stereocenters. The van der Waals surface area contributed by atoms with Gasteiger partial charge in [0, 0.05) is 31.2 Å². The van der Waals surface area contributed by atoms with Crippen molar-refractivity contribution < 1.29 is 18.2 Å². The van der Waals surface area contributed by atoms with Crippen LogP contribution in [0.2, 0.25) is 0 Å². The van der Waals surface area contributed by atoms with E-state index in [0.717, 1.165) is 48.9 Å². The third kappa shape index (κ3) is 4.86. The number of ether oxygens (including phenoxy) is 2. The first kappa shape index (κ1) is 19.8. The number of hydrogen-bond donors (Lipinski definition) is 3. The van der Waals surface area contributed by atoms with E-state index >= 15 is 0 Å². The number of anilines is 1. The molecule has 9 heteroatoms. The normalized spacial score (nSPS) is 16.5. The molecule has 0 bridgehead atoms. The molecule has 0 radical (unpaired) electrons. The average molecular weight is 394 g/mol. The lowest BCUT2D eigenvalue weighted by Gasteiger charge is -2.33. The number of benzene rings is 1. The molecule has 1 aliphatic heterocycles. The van der Waals surface area contributed by atoms with Gasteiger partial charge in [0.2, 0.25) is 11.3 Å². The topological polar surface area (TPSA) is 96.0 Å². The molecule has 1 saturated heterocycles. The molecule has 1 fully saturated rings. The van der Waals surface area contributed by atoms with E-state index in [2.05, 4.69) is 20.1 Å². The van der Waals surface area contributed by atoms with Crippen LogP contribution in [0.3, 0.4) is 0 Å². The van der Waals surface area contributed by atoms with E-state index in [9.17, 15) is 4.21 Å². The Labute approximate surface area is 161 Å². The summed E-state index contributed by atoms with van der Waals surface area (Å²) in [6.45, 7) is 2.54. The Kier molecular flexibility index (Phi) is 6.84. The van der Waals surface area contributed by atoms with Crippen LogP contribution in [0.25, 0.3) is 10.8 Å². The Morgan fingerprint density at radius 2 is 1.96 bits per heavy atom. The highest BCUT2D eigenvalue weighted by molar-refractivity contribution is 7.77. The van der Waals surface area contributed by atoms with Crippen LogP contribution in [0.5, 0.6) is 11.5 Å². The van der Waals surface area contributed by atoms with Gasteiger partial charge in [-0.25, -0.2) is 14.6 Å². The van der Waals surface area contributed by atoms with Gasteiger partial charge in [0.1, 0.15) is 5.82 Å². The van der Waals surface area contributed by atoms with Gasteiger partial charge in [0.25, 0.3) is 0 Å². The lowest BCUT2D eigenvalue weighted by molar-refractivity contribution is 0.355. The quantitative estimate of drug-likeness (QED) is 0.358. The summed E-state index contributed by atoms with van der Waals surface area (Å²) in [6.07, 6.45) is 4.93. The lowest BCUT2D eigenvalue weighted by Crippen LogP contribution is -2.37. The van der Waals surface area contributed by atoms with Gasteiger partial charge in [0.05, 0.1) is 14.2 Å². The van der Waals surface area contributed by atoms with Crippen molar-refractivity contribution in [1.29, 1.82) is 0 Å². The third-order valence-corrected chi connectivity index (χ3v) is 5.32. The molecule has 3 N–H and O–H groups in total. The Morgan fingerprint density at radius 3 is 2.63 bits per heavy atom. The van der Waals surface area contributed by atoms with Gasteiger partial charge in [-0.3, -0.25) is 4.55 Å². The van der Waals surface area contributed by atoms with E-state index in [1.54, 1.807) is 14.2 Å². The molecule has 148 valence electrons. The molecule has 1 atom stereocenters. The van der Waals surface area contributed by atoms with E-state index in [1.807, 2.05) is 24.4 Å². The Morgan fingerprint density at radius 1 is 1.26 bits per heavy atom. The number of nitrogens with one attached hydrogen (secondary N) is 2. The number of piperidine rings is 1. The highest BCUT2D eigenvalue weighted by Gasteiger charge is 2.22. The van der Waals surface area contributed by atoms with Crippen molar-refractivity contribution in [3.05, 3.63) is 24.4 Å². The maximum absolute atomic E-state index is 10.6. The highest BCUT2D eigenvalue weighted by atomic mass is 32.2. The predicted octanol–water partition coefficient (Wildman–Crippen LogP) is 2.09. The number of hydrogen-bond acceptors (Lipinski definition) is 6. The fraction of sp³-hybridized carbons (Fsp3) is 0.500. The fourth-order valence-corrected chi connectivity index (χ4v) is 3.78. The molecule has 1 aromatic carbocycles. The van der Waals surface area contributed by atoms with E-state index in [1.165, 1.54) is 0 Å². The number of rotatable bonds is 8. The van der Waals surface area contributed by atoms with Crippen LogP contribution in [0.15, 0.2) is 24.4 Å². The standard InChI is InChI=1S/C18H26N4O4S/c1-25-16-11-14-4-7-19-18(15(14)12-17(16)26-2)22-9-5-13(6-10-22)3-8-20-21-27(23)24/h4,7,11-13,20-21H,3,5-6,8-10H2,1-2H3,(H,23,24). The van der Waals surface area contributed by atoms with Gasteiger partial charge in [-0.1, -0.05) is 0 Å². The molecule has 0 saturated carbocycles. The zero-order chi connectivity index (χ0) is 19.2. The van der Waals surface area contributed by atoms with Crippen LogP contribution in [-0.2, 0) is 11.3 Å². The van der Waals surface area contributed by atoms with Crippen molar-refractivity contribution in [3.8, 4) is 11.5 Å². The number of methoxy groups -OCH3 is 2. The molecule has 2 aromatic rings. The van der Waals surface area contributed by atoms with Crippen LogP contribution < -0.4 is 24.6 Å². The first-order valence-electron chi connectivity index (χ1n) is 8.97. The fourth-order valence-electron chi connectivity index (χ4n) is 3.56. The number of nitrogens with zero attached hydrogens (tertiary/aromatic N) is 2. The molecule has 3 rings (SSSR count). The molecule has 0 spiro atoms. The summed E-state index contributed by atoms with van der Waals surface area (Å²) in [7, 11) is 3.28. The smallest absolute Gasteiger partial charge is 0.245 e. The zero-order valence-electron chi connectivity index (χ0n) is 15.6. The maximum atomic E-state index is 10.6. The van der Waals surface area contributed by atoms with E-state index < -0.39 is 11.3 Å². The number of hydrazine groups is 1. The molecule has 2 heterocycles. The minimum absolute atomic E-state index is 0.590. The summed E-state index contributed by atoms with van der Waals surface area (Å²) in [6, 6.07) is 5.96. The summed E-state index contributed by atoms with van der Waals surface area (Å²) in [5, 5.41) is 2.14. The average Bonchev–Trinajstić information content (AvgIpc) is 2.70. The Balaban J connectivity index is 1.67. The van der Waals surface area contributed by atoms with E-state index in [4.69, 9.17) is 14.0 Å². The molecule has 0 amide bonds. The molecule has 1 aliphatic rings. The summed E-state index contributed by atoms with van der Waals surface area (Å²) >= 11 is -2.02. The van der Waals surface area contributed by atoms with Crippen LogP contribution in [0.1, 0.15) is 19.3 Å². The minimum atomic E-state index is -2.02. The molecule has 27 heavy (non-hydrogen) atoms. The first-order valence-corrected chi connectivity index (χ1v) is 10.1. The van der Waals surface area contributed by atoms with Gasteiger partial charge in [-0.05, 0) is 48.8 Å². The Hall–Kier alpha value is -1.94. The van der Waals surface area contributed by atoms with Gasteiger partial charge in [0.15, 0.2) is 11.5 Å². The SMILES string of the molecule is COc1cc2ccnc(N3CCC(CCNNS(=O)O)CC3)c2cc1OC. The van der Waals surface area contributed by atoms with Crippen molar-refractivity contribution in [1.82, 2.24) is 15.2 Å². The number of fused-ring (bicyclic) bond motifs is 1. The van der Waals surface area contributed by atoms with Crippen molar-refractivity contribution in [3.63, 3.8) is 0 Å². The second-order valence-electron chi connectivity index (χ2n) is 6.56. The third-order valence-electron chi connectivity index (χ3n) is 5.00. The summed E-state index contributed by atoms with van der Waals surface area (Å²) < 4.78 is 30.1. The van der Waals surface area contributed by atoms with Gasteiger partial charge in [-0.15, -0.1) is 0 Å². The van der Waals surface area contributed by atoms with Crippen LogP contribution in [0.4, 0.5) is 5.82 Å². The number of pyridine rings is 1. The minimum Gasteiger partial charge on any atom is -0.493 e. The largest absolute Gasteiger partial charge is 0.493 e. The summed E-state index contributed by atoms with van der Waals surface area (Å²) in [5.41, 5.74) is 2.77. The molecular formula is C18H26N4O4S. The van der Waals surface area contributed by atoms with Gasteiger partial charge in [-0.2, -0.15) is 4.83 Å². The van der Waals surface area contributed by atoms with E-state index in [0.29, 0.717) is 24.0 Å². The second kappa shape index (κ2) is 9.32. The molecule has 1 aromatic heterocycles. The predicted molar refractivity (Wildman–Crippen MR) is 106 cm³/mol. The molecular weight excluding hydrogens is 368 g/mol.